The monoisotopic (exact) mass is 574 g/mol. The number of nitrogens with one attached hydrogen (secondary N) is 2. The predicted octanol–water partition coefficient (Wildman–Crippen LogP) is 8.74. The number of anilines is 2. The molecular formula is C28H19Cl2F3N2O2S. The molecule has 4 aromatic carbocycles. The number of thioether (sulfide) groups is 1. The second-order valence-corrected chi connectivity index (χ2v) is 10.1. The van der Waals surface area contributed by atoms with Gasteiger partial charge in [0.15, 0.2) is 0 Å². The summed E-state index contributed by atoms with van der Waals surface area (Å²) in [6, 6.07) is 24.8. The molecule has 0 aromatic heterocycles. The molecule has 0 aliphatic carbocycles. The molecule has 2 N–H and O–H groups in total. The Morgan fingerprint density at radius 1 is 0.763 bits per heavy atom. The van der Waals surface area contributed by atoms with Gasteiger partial charge in [0.05, 0.1) is 16.1 Å². The van der Waals surface area contributed by atoms with Crippen LogP contribution in [0.25, 0.3) is 0 Å². The van der Waals surface area contributed by atoms with Crippen LogP contribution in [0.2, 0.25) is 10.0 Å². The van der Waals surface area contributed by atoms with Crippen molar-refractivity contribution in [3.8, 4) is 0 Å². The maximum absolute atomic E-state index is 13.2. The number of benzene rings is 4. The molecule has 0 fully saturated rings. The van der Waals surface area contributed by atoms with E-state index in [1.807, 2.05) is 0 Å². The molecule has 4 nitrogen and oxygen atoms in total. The Labute approximate surface area is 231 Å². The first kappa shape index (κ1) is 27.6. The van der Waals surface area contributed by atoms with Crippen molar-refractivity contribution >= 4 is 58.2 Å². The molecular weight excluding hydrogens is 556 g/mol. The molecule has 4 rings (SSSR count). The average molecular weight is 575 g/mol. The third-order valence-corrected chi connectivity index (χ3v) is 7.15. The van der Waals surface area contributed by atoms with E-state index in [1.165, 1.54) is 36.0 Å². The summed E-state index contributed by atoms with van der Waals surface area (Å²) in [5.41, 5.74) is 0.652. The minimum absolute atomic E-state index is 0.0466. The molecule has 0 heterocycles. The highest BCUT2D eigenvalue weighted by Gasteiger charge is 2.31. The molecule has 1 atom stereocenters. The van der Waals surface area contributed by atoms with E-state index in [9.17, 15) is 22.8 Å². The highest BCUT2D eigenvalue weighted by atomic mass is 35.5. The van der Waals surface area contributed by atoms with Gasteiger partial charge in [0, 0.05) is 21.3 Å². The van der Waals surface area contributed by atoms with Gasteiger partial charge >= 0.3 is 6.18 Å². The van der Waals surface area contributed by atoms with Crippen molar-refractivity contribution in [1.29, 1.82) is 0 Å². The second kappa shape index (κ2) is 11.9. The van der Waals surface area contributed by atoms with Crippen LogP contribution in [0.15, 0.2) is 102 Å². The Morgan fingerprint density at radius 2 is 1.47 bits per heavy atom. The van der Waals surface area contributed by atoms with Gasteiger partial charge in [-0.25, -0.2) is 0 Å². The fourth-order valence-corrected chi connectivity index (χ4v) is 5.03. The maximum atomic E-state index is 13.2. The van der Waals surface area contributed by atoms with Gasteiger partial charge in [-0.2, -0.15) is 13.2 Å². The fourth-order valence-electron chi connectivity index (χ4n) is 3.51. The molecule has 0 saturated carbocycles. The van der Waals surface area contributed by atoms with Gasteiger partial charge in [0.2, 0.25) is 5.91 Å². The van der Waals surface area contributed by atoms with E-state index in [0.29, 0.717) is 21.2 Å². The normalized spacial score (nSPS) is 12.0. The van der Waals surface area contributed by atoms with E-state index in [4.69, 9.17) is 23.2 Å². The van der Waals surface area contributed by atoms with Crippen molar-refractivity contribution in [2.24, 2.45) is 0 Å². The first-order valence-electron chi connectivity index (χ1n) is 11.2. The molecule has 194 valence electrons. The highest BCUT2D eigenvalue weighted by Crippen LogP contribution is 2.37. The lowest BCUT2D eigenvalue weighted by Crippen LogP contribution is -2.19. The largest absolute Gasteiger partial charge is 0.416 e. The van der Waals surface area contributed by atoms with Crippen LogP contribution in [0.3, 0.4) is 0 Å². The van der Waals surface area contributed by atoms with Crippen LogP contribution in [0, 0.1) is 0 Å². The fraction of sp³-hybridized carbons (Fsp3) is 0.0714. The summed E-state index contributed by atoms with van der Waals surface area (Å²) >= 11 is 13.2. The molecule has 0 aliphatic rings. The van der Waals surface area contributed by atoms with Crippen molar-refractivity contribution in [2.45, 2.75) is 16.3 Å². The van der Waals surface area contributed by atoms with Crippen LogP contribution in [0.5, 0.6) is 0 Å². The standard InChI is InChI=1S/C28H19Cl2F3N2O2S/c29-19-9-14-23(24(30)16-19)26(36)34-20-10-12-22(13-11-20)38-25(17-5-2-1-3-6-17)27(37)35-21-8-4-7-18(15-21)28(31,32)33/h1-16,25H,(H,34,36)(H,35,37). The van der Waals surface area contributed by atoms with Crippen molar-refractivity contribution in [3.63, 3.8) is 0 Å². The van der Waals surface area contributed by atoms with Gasteiger partial charge in [-0.05, 0) is 66.2 Å². The number of carbonyl (C=O) groups excluding carboxylic acids is 2. The van der Waals surface area contributed by atoms with Gasteiger partial charge in [0.1, 0.15) is 5.25 Å². The summed E-state index contributed by atoms with van der Waals surface area (Å²) in [5, 5.41) is 5.24. The average Bonchev–Trinajstić information content (AvgIpc) is 2.88. The van der Waals surface area contributed by atoms with Gasteiger partial charge in [-0.3, -0.25) is 9.59 Å². The molecule has 1 unspecified atom stereocenters. The lowest BCUT2D eigenvalue weighted by molar-refractivity contribution is -0.137. The number of halogens is 5. The molecule has 0 bridgehead atoms. The van der Waals surface area contributed by atoms with Crippen LogP contribution >= 0.6 is 35.0 Å². The lowest BCUT2D eigenvalue weighted by Gasteiger charge is -2.18. The van der Waals surface area contributed by atoms with Gasteiger partial charge in [-0.15, -0.1) is 11.8 Å². The molecule has 2 amide bonds. The minimum Gasteiger partial charge on any atom is -0.325 e. The maximum Gasteiger partial charge on any atom is 0.416 e. The number of rotatable bonds is 7. The zero-order valence-corrected chi connectivity index (χ0v) is 21.8. The Hall–Kier alpha value is -3.46. The highest BCUT2D eigenvalue weighted by molar-refractivity contribution is 8.00. The van der Waals surface area contributed by atoms with E-state index in [2.05, 4.69) is 10.6 Å². The second-order valence-electron chi connectivity index (χ2n) is 8.08. The van der Waals surface area contributed by atoms with E-state index in [1.54, 1.807) is 60.7 Å². The van der Waals surface area contributed by atoms with Crippen molar-refractivity contribution < 1.29 is 22.8 Å². The first-order valence-corrected chi connectivity index (χ1v) is 12.8. The third kappa shape index (κ3) is 7.10. The Bertz CT molecular complexity index is 1450. The molecule has 38 heavy (non-hydrogen) atoms. The summed E-state index contributed by atoms with van der Waals surface area (Å²) in [4.78, 5) is 26.5. The summed E-state index contributed by atoms with van der Waals surface area (Å²) in [7, 11) is 0. The van der Waals surface area contributed by atoms with E-state index in [-0.39, 0.29) is 16.3 Å². The summed E-state index contributed by atoms with van der Waals surface area (Å²) < 4.78 is 39.3. The van der Waals surface area contributed by atoms with E-state index >= 15 is 0 Å². The number of alkyl halides is 3. The van der Waals surface area contributed by atoms with E-state index in [0.717, 1.165) is 12.1 Å². The topological polar surface area (TPSA) is 58.2 Å². The number of hydrogen-bond acceptors (Lipinski definition) is 3. The number of hydrogen-bond donors (Lipinski definition) is 2. The van der Waals surface area contributed by atoms with E-state index < -0.39 is 28.8 Å². The zero-order valence-electron chi connectivity index (χ0n) is 19.4. The summed E-state index contributed by atoms with van der Waals surface area (Å²) in [6.07, 6.45) is -4.52. The smallest absolute Gasteiger partial charge is 0.325 e. The van der Waals surface area contributed by atoms with Crippen LogP contribution < -0.4 is 10.6 Å². The van der Waals surface area contributed by atoms with Gasteiger partial charge in [-0.1, -0.05) is 59.6 Å². The van der Waals surface area contributed by atoms with Crippen LogP contribution in [-0.2, 0) is 11.0 Å². The van der Waals surface area contributed by atoms with Crippen molar-refractivity contribution in [2.75, 3.05) is 10.6 Å². The quantitative estimate of drug-likeness (QED) is 0.217. The van der Waals surface area contributed by atoms with Crippen LogP contribution in [0.1, 0.15) is 26.7 Å². The Balaban J connectivity index is 1.50. The zero-order chi connectivity index (χ0) is 27.3. The minimum atomic E-state index is -4.52. The van der Waals surface area contributed by atoms with Crippen LogP contribution in [-0.4, -0.2) is 11.8 Å². The predicted molar refractivity (Wildman–Crippen MR) is 146 cm³/mol. The van der Waals surface area contributed by atoms with Crippen LogP contribution in [0.4, 0.5) is 24.5 Å². The summed E-state index contributed by atoms with van der Waals surface area (Å²) in [5.74, 6) is -0.884. The first-order chi connectivity index (χ1) is 18.1. The molecule has 0 radical (unpaired) electrons. The Kier molecular flexibility index (Phi) is 8.66. The molecule has 0 spiro atoms. The number of carbonyl (C=O) groups is 2. The number of amides is 2. The van der Waals surface area contributed by atoms with Gasteiger partial charge < -0.3 is 10.6 Å². The Morgan fingerprint density at radius 3 is 2.13 bits per heavy atom. The summed E-state index contributed by atoms with van der Waals surface area (Å²) in [6.45, 7) is 0. The molecule has 10 heteroatoms. The molecule has 4 aromatic rings. The molecule has 0 saturated heterocycles. The van der Waals surface area contributed by atoms with Crippen molar-refractivity contribution in [3.05, 3.63) is 124 Å². The molecule has 0 aliphatic heterocycles. The SMILES string of the molecule is O=C(Nc1ccc(SC(C(=O)Nc2cccc(C(F)(F)F)c2)c2ccccc2)cc1)c1ccc(Cl)cc1Cl. The third-order valence-electron chi connectivity index (χ3n) is 5.34. The van der Waals surface area contributed by atoms with Crippen molar-refractivity contribution in [1.82, 2.24) is 0 Å². The lowest BCUT2D eigenvalue weighted by atomic mass is 10.1. The van der Waals surface area contributed by atoms with Gasteiger partial charge in [0.25, 0.3) is 5.91 Å².